The zero-order valence-electron chi connectivity index (χ0n) is 28.0. The van der Waals surface area contributed by atoms with E-state index in [0.29, 0.717) is 36.5 Å². The number of benzene rings is 5. The van der Waals surface area contributed by atoms with Crippen molar-refractivity contribution >= 4 is 11.7 Å². The fraction of sp³-hybridized carbons (Fsp3) is 0.262. The molecule has 0 aliphatic carbocycles. The van der Waals surface area contributed by atoms with Crippen LogP contribution >= 0.6 is 0 Å². The number of rotatable bonds is 14. The second kappa shape index (κ2) is 16.1. The Morgan fingerprint density at radius 2 is 1.15 bits per heavy atom. The average molecular weight is 628 g/mol. The molecule has 1 atom stereocenters. The second-order valence-electron chi connectivity index (χ2n) is 12.3. The van der Waals surface area contributed by atoms with Crippen LogP contribution in [0.25, 0.3) is 22.3 Å². The second-order valence-corrected chi connectivity index (χ2v) is 12.3. The summed E-state index contributed by atoms with van der Waals surface area (Å²) in [6.07, 6.45) is 0.0991. The largest absolute Gasteiger partial charge is 0.489 e. The highest BCUT2D eigenvalue weighted by molar-refractivity contribution is 5.88. The van der Waals surface area contributed by atoms with Crippen molar-refractivity contribution in [1.82, 2.24) is 0 Å². The molecule has 5 aromatic rings. The number of carbonyl (C=O) groups excluding carboxylic acids is 1. The molecule has 0 spiro atoms. The van der Waals surface area contributed by atoms with E-state index in [1.54, 1.807) is 7.11 Å². The van der Waals surface area contributed by atoms with Crippen molar-refractivity contribution < 1.29 is 19.0 Å². The molecule has 0 fully saturated rings. The van der Waals surface area contributed by atoms with Gasteiger partial charge in [-0.05, 0) is 51.8 Å². The van der Waals surface area contributed by atoms with Gasteiger partial charge in [0.2, 0.25) is 0 Å². The van der Waals surface area contributed by atoms with Gasteiger partial charge in [0.1, 0.15) is 18.1 Å². The zero-order chi connectivity index (χ0) is 33.2. The molecule has 0 bridgehead atoms. The molecule has 5 aromatic carbocycles. The Bertz CT molecular complexity index is 1690. The molecule has 0 radical (unpaired) electrons. The Kier molecular flexibility index (Phi) is 11.5. The summed E-state index contributed by atoms with van der Waals surface area (Å²) in [7, 11) is 1.65. The van der Waals surface area contributed by atoms with Crippen LogP contribution in [0.3, 0.4) is 0 Å². The topological polar surface area (TPSA) is 56.8 Å². The summed E-state index contributed by atoms with van der Waals surface area (Å²) >= 11 is 0. The summed E-state index contributed by atoms with van der Waals surface area (Å²) in [4.78, 5) is 14.2. The molecule has 5 heteroatoms. The van der Waals surface area contributed by atoms with Crippen molar-refractivity contribution in [3.63, 3.8) is 0 Å². The molecule has 242 valence electrons. The quantitative estimate of drug-likeness (QED) is 0.0754. The summed E-state index contributed by atoms with van der Waals surface area (Å²) in [6, 6.07) is 40.3. The maximum Gasteiger partial charge on any atom is 0.313 e. The molecule has 0 aromatic heterocycles. The van der Waals surface area contributed by atoms with E-state index in [0.717, 1.165) is 33.5 Å². The molecule has 0 aliphatic heterocycles. The van der Waals surface area contributed by atoms with Gasteiger partial charge < -0.3 is 19.5 Å². The van der Waals surface area contributed by atoms with Crippen LogP contribution in [0.4, 0.5) is 5.69 Å². The van der Waals surface area contributed by atoms with Crippen LogP contribution in [-0.4, -0.2) is 26.3 Å². The molecule has 5 nitrogen and oxygen atoms in total. The SMILES string of the molecule is COCCOc1ccccc1NC(CC(=O)Oc1c(-c2ccccc2C(C)C)cccc1-c1ccccc1C(C)C)c1ccccc1. The van der Waals surface area contributed by atoms with Gasteiger partial charge in [-0.1, -0.05) is 137 Å². The molecule has 47 heavy (non-hydrogen) atoms. The predicted octanol–water partition coefficient (Wildman–Crippen LogP) is 10.4. The number of anilines is 1. The summed E-state index contributed by atoms with van der Waals surface area (Å²) in [5.41, 5.74) is 8.10. The van der Waals surface area contributed by atoms with E-state index in [-0.39, 0.29) is 18.4 Å². The van der Waals surface area contributed by atoms with E-state index in [1.807, 2.05) is 66.7 Å². The Morgan fingerprint density at radius 3 is 1.74 bits per heavy atom. The number of methoxy groups -OCH3 is 1. The minimum atomic E-state index is -0.364. The number of carbonyl (C=O) groups is 1. The number of ether oxygens (including phenoxy) is 3. The van der Waals surface area contributed by atoms with Gasteiger partial charge in [-0.25, -0.2) is 0 Å². The maximum atomic E-state index is 14.2. The third-order valence-corrected chi connectivity index (χ3v) is 8.31. The van der Waals surface area contributed by atoms with Gasteiger partial charge in [-0.3, -0.25) is 4.79 Å². The number of nitrogens with one attached hydrogen (secondary N) is 1. The summed E-state index contributed by atoms with van der Waals surface area (Å²) in [6.45, 7) is 9.66. The van der Waals surface area contributed by atoms with Gasteiger partial charge in [-0.2, -0.15) is 0 Å². The third kappa shape index (κ3) is 8.30. The van der Waals surface area contributed by atoms with Crippen molar-refractivity contribution in [2.45, 2.75) is 52.0 Å². The van der Waals surface area contributed by atoms with Crippen LogP contribution in [0.15, 0.2) is 121 Å². The number of esters is 1. The lowest BCUT2D eigenvalue weighted by Crippen LogP contribution is -2.20. The highest BCUT2D eigenvalue weighted by Gasteiger charge is 2.24. The monoisotopic (exact) mass is 627 g/mol. The molecule has 0 saturated carbocycles. The molecule has 0 heterocycles. The van der Waals surface area contributed by atoms with Crippen LogP contribution in [0.1, 0.15) is 68.7 Å². The number of hydrogen-bond acceptors (Lipinski definition) is 5. The molecule has 1 N–H and O–H groups in total. The highest BCUT2D eigenvalue weighted by Crippen LogP contribution is 2.44. The first-order chi connectivity index (χ1) is 22.9. The van der Waals surface area contributed by atoms with Crippen LogP contribution in [-0.2, 0) is 9.53 Å². The van der Waals surface area contributed by atoms with Crippen LogP contribution in [0.2, 0.25) is 0 Å². The van der Waals surface area contributed by atoms with Gasteiger partial charge in [0.25, 0.3) is 0 Å². The van der Waals surface area contributed by atoms with E-state index in [9.17, 15) is 4.79 Å². The minimum Gasteiger partial charge on any atom is -0.489 e. The molecule has 5 rings (SSSR count). The standard InChI is InChI=1S/C42H45NO4/c1-29(2)32-18-9-11-20-34(32)36-22-15-23-37(35-21-12-10-19-33(35)30(3)4)42(36)47-41(44)28-39(31-16-7-6-8-17-31)43-38-24-13-14-25-40(38)46-27-26-45-5/h6-25,29-30,39,43H,26-28H2,1-5H3. The lowest BCUT2D eigenvalue weighted by Gasteiger charge is -2.23. The Labute approximate surface area is 279 Å². The van der Waals surface area contributed by atoms with Crippen molar-refractivity contribution in [1.29, 1.82) is 0 Å². The van der Waals surface area contributed by atoms with Crippen LogP contribution in [0.5, 0.6) is 11.5 Å². The third-order valence-electron chi connectivity index (χ3n) is 8.31. The predicted molar refractivity (Wildman–Crippen MR) is 192 cm³/mol. The lowest BCUT2D eigenvalue weighted by atomic mass is 9.87. The summed E-state index contributed by atoms with van der Waals surface area (Å²) < 4.78 is 17.7. The molecule has 0 saturated heterocycles. The van der Waals surface area contributed by atoms with Crippen molar-refractivity contribution in [3.05, 3.63) is 138 Å². The minimum absolute atomic E-state index is 0.0991. The first-order valence-corrected chi connectivity index (χ1v) is 16.4. The lowest BCUT2D eigenvalue weighted by molar-refractivity contribution is -0.134. The fourth-order valence-corrected chi connectivity index (χ4v) is 5.96. The van der Waals surface area contributed by atoms with Crippen LogP contribution in [0, 0.1) is 0 Å². The highest BCUT2D eigenvalue weighted by atomic mass is 16.5. The average Bonchev–Trinajstić information content (AvgIpc) is 3.09. The molecule has 1 unspecified atom stereocenters. The first-order valence-electron chi connectivity index (χ1n) is 16.4. The van der Waals surface area contributed by atoms with Gasteiger partial charge >= 0.3 is 5.97 Å². The fourth-order valence-electron chi connectivity index (χ4n) is 5.96. The number of hydrogen-bond donors (Lipinski definition) is 1. The number of para-hydroxylation sites is 3. The van der Waals surface area contributed by atoms with E-state index < -0.39 is 0 Å². The first kappa shape index (κ1) is 33.5. The van der Waals surface area contributed by atoms with Gasteiger partial charge in [0, 0.05) is 18.2 Å². The van der Waals surface area contributed by atoms with Gasteiger partial charge in [-0.15, -0.1) is 0 Å². The van der Waals surface area contributed by atoms with Crippen LogP contribution < -0.4 is 14.8 Å². The van der Waals surface area contributed by atoms with Crippen molar-refractivity contribution in [3.8, 4) is 33.8 Å². The maximum absolute atomic E-state index is 14.2. The van der Waals surface area contributed by atoms with E-state index in [4.69, 9.17) is 14.2 Å². The molecule has 0 amide bonds. The van der Waals surface area contributed by atoms with Crippen molar-refractivity contribution in [2.24, 2.45) is 0 Å². The molecular formula is C42H45NO4. The van der Waals surface area contributed by atoms with E-state index in [2.05, 4.69) is 87.6 Å². The van der Waals surface area contributed by atoms with E-state index >= 15 is 0 Å². The van der Waals surface area contributed by atoms with Gasteiger partial charge in [0.05, 0.1) is 24.8 Å². The Hall–Kier alpha value is -4.87. The van der Waals surface area contributed by atoms with Crippen molar-refractivity contribution in [2.75, 3.05) is 25.6 Å². The summed E-state index contributed by atoms with van der Waals surface area (Å²) in [5, 5.41) is 3.58. The summed E-state index contributed by atoms with van der Waals surface area (Å²) in [5.74, 6) is 1.52. The molecule has 0 aliphatic rings. The van der Waals surface area contributed by atoms with Gasteiger partial charge in [0.15, 0.2) is 0 Å². The zero-order valence-corrected chi connectivity index (χ0v) is 28.0. The van der Waals surface area contributed by atoms with E-state index in [1.165, 1.54) is 11.1 Å². The smallest absolute Gasteiger partial charge is 0.313 e. The Morgan fingerprint density at radius 1 is 0.617 bits per heavy atom. The normalized spacial score (nSPS) is 11.8. The Balaban J connectivity index is 1.55. The molecular weight excluding hydrogens is 582 g/mol.